The molecule has 0 aliphatic rings. The van der Waals surface area contributed by atoms with Crippen LogP contribution in [-0.2, 0) is 0 Å². The van der Waals surface area contributed by atoms with Gasteiger partial charge in [-0.3, -0.25) is 4.79 Å². The molecule has 0 aliphatic heterocycles. The number of aldehydes is 1. The van der Waals surface area contributed by atoms with Crippen molar-refractivity contribution in [3.63, 3.8) is 0 Å². The highest BCUT2D eigenvalue weighted by atomic mass is 32.1. The zero-order valence-electron chi connectivity index (χ0n) is 9.60. The van der Waals surface area contributed by atoms with Crippen molar-refractivity contribution in [1.29, 1.82) is 0 Å². The van der Waals surface area contributed by atoms with Crippen molar-refractivity contribution in [1.82, 2.24) is 0 Å². The monoisotopic (exact) mass is 248 g/mol. The number of carbonyl (C=O) groups excluding carboxylic acids is 1. The molecule has 0 atom stereocenters. The molecular formula is C13H12O3S. The third kappa shape index (κ3) is 2.17. The van der Waals surface area contributed by atoms with Gasteiger partial charge in [0.2, 0.25) is 0 Å². The number of methoxy groups -OCH3 is 2. The van der Waals surface area contributed by atoms with E-state index >= 15 is 0 Å². The third-order valence-corrected chi connectivity index (χ3v) is 3.45. The Bertz CT molecular complexity index is 509. The first kappa shape index (κ1) is 11.7. The Kier molecular flexibility index (Phi) is 3.44. The molecule has 2 rings (SSSR count). The van der Waals surface area contributed by atoms with Gasteiger partial charge in [0.25, 0.3) is 0 Å². The van der Waals surface area contributed by atoms with Crippen molar-refractivity contribution in [3.8, 4) is 21.9 Å². The lowest BCUT2D eigenvalue weighted by molar-refractivity contribution is 0.112. The van der Waals surface area contributed by atoms with E-state index in [4.69, 9.17) is 9.47 Å². The molecule has 1 aromatic carbocycles. The summed E-state index contributed by atoms with van der Waals surface area (Å²) < 4.78 is 10.6. The largest absolute Gasteiger partial charge is 0.496 e. The van der Waals surface area contributed by atoms with Crippen LogP contribution in [0.3, 0.4) is 0 Å². The van der Waals surface area contributed by atoms with E-state index in [1.807, 2.05) is 24.3 Å². The second-order valence-electron chi connectivity index (χ2n) is 3.36. The number of carbonyl (C=O) groups is 1. The van der Waals surface area contributed by atoms with E-state index in [-0.39, 0.29) is 0 Å². The van der Waals surface area contributed by atoms with E-state index in [0.717, 1.165) is 28.2 Å². The molecule has 88 valence electrons. The summed E-state index contributed by atoms with van der Waals surface area (Å²) in [6.07, 6.45) is 0.843. The van der Waals surface area contributed by atoms with Crippen molar-refractivity contribution in [2.45, 2.75) is 0 Å². The van der Waals surface area contributed by atoms with Gasteiger partial charge in [0, 0.05) is 4.88 Å². The molecule has 0 spiro atoms. The second kappa shape index (κ2) is 5.01. The minimum absolute atomic E-state index is 0.688. The summed E-state index contributed by atoms with van der Waals surface area (Å²) in [7, 11) is 3.24. The van der Waals surface area contributed by atoms with E-state index in [0.29, 0.717) is 4.88 Å². The van der Waals surface area contributed by atoms with Crippen LogP contribution in [0.4, 0.5) is 0 Å². The van der Waals surface area contributed by atoms with Crippen molar-refractivity contribution in [3.05, 3.63) is 35.2 Å². The summed E-state index contributed by atoms with van der Waals surface area (Å²) in [6, 6.07) is 9.30. The molecule has 0 unspecified atom stereocenters. The Morgan fingerprint density at radius 3 is 2.18 bits per heavy atom. The van der Waals surface area contributed by atoms with Gasteiger partial charge in [-0.2, -0.15) is 0 Å². The van der Waals surface area contributed by atoms with Crippen LogP contribution in [0.25, 0.3) is 10.4 Å². The zero-order valence-corrected chi connectivity index (χ0v) is 10.4. The quantitative estimate of drug-likeness (QED) is 0.779. The zero-order chi connectivity index (χ0) is 12.3. The Morgan fingerprint density at radius 1 is 1.06 bits per heavy atom. The molecule has 0 saturated carbocycles. The van der Waals surface area contributed by atoms with Gasteiger partial charge in [0.15, 0.2) is 6.29 Å². The summed E-state index contributed by atoms with van der Waals surface area (Å²) >= 11 is 1.42. The van der Waals surface area contributed by atoms with E-state index in [1.54, 1.807) is 20.3 Å². The first-order chi connectivity index (χ1) is 8.30. The molecule has 1 aromatic heterocycles. The number of benzene rings is 1. The smallest absolute Gasteiger partial charge is 0.160 e. The molecular weight excluding hydrogens is 236 g/mol. The topological polar surface area (TPSA) is 35.5 Å². The van der Waals surface area contributed by atoms with Gasteiger partial charge in [-0.1, -0.05) is 6.07 Å². The Morgan fingerprint density at radius 2 is 1.71 bits per heavy atom. The maximum absolute atomic E-state index is 10.7. The number of hydrogen-bond donors (Lipinski definition) is 0. The molecule has 0 fully saturated rings. The van der Waals surface area contributed by atoms with Crippen LogP contribution in [0.1, 0.15) is 9.67 Å². The van der Waals surface area contributed by atoms with Gasteiger partial charge in [0.1, 0.15) is 11.5 Å². The highest BCUT2D eigenvalue weighted by molar-refractivity contribution is 7.17. The molecule has 4 heteroatoms. The maximum Gasteiger partial charge on any atom is 0.160 e. The highest BCUT2D eigenvalue weighted by Gasteiger charge is 2.14. The van der Waals surface area contributed by atoms with Gasteiger partial charge >= 0.3 is 0 Å². The van der Waals surface area contributed by atoms with Crippen LogP contribution in [0.2, 0.25) is 0 Å². The van der Waals surface area contributed by atoms with Crippen LogP contribution in [0, 0.1) is 0 Å². The first-order valence-electron chi connectivity index (χ1n) is 5.06. The number of rotatable bonds is 4. The fourth-order valence-electron chi connectivity index (χ4n) is 1.64. The fraction of sp³-hybridized carbons (Fsp3) is 0.154. The summed E-state index contributed by atoms with van der Waals surface area (Å²) in [4.78, 5) is 12.4. The number of hydrogen-bond acceptors (Lipinski definition) is 4. The SMILES string of the molecule is COc1cccc(OC)c1-c1ccc(C=O)s1. The van der Waals surface area contributed by atoms with Crippen LogP contribution in [0.5, 0.6) is 11.5 Å². The highest BCUT2D eigenvalue weighted by Crippen LogP contribution is 2.41. The lowest BCUT2D eigenvalue weighted by Crippen LogP contribution is -1.91. The van der Waals surface area contributed by atoms with Gasteiger partial charge in [-0.15, -0.1) is 11.3 Å². The summed E-state index contributed by atoms with van der Waals surface area (Å²) in [5.41, 5.74) is 0.885. The van der Waals surface area contributed by atoms with Crippen LogP contribution in [-0.4, -0.2) is 20.5 Å². The summed E-state index contributed by atoms with van der Waals surface area (Å²) in [5, 5.41) is 0. The molecule has 0 N–H and O–H groups in total. The average Bonchev–Trinajstić information content (AvgIpc) is 2.86. The van der Waals surface area contributed by atoms with Crippen molar-refractivity contribution in [2.75, 3.05) is 14.2 Å². The standard InChI is InChI=1S/C13H12O3S/c1-15-10-4-3-5-11(16-2)13(10)12-7-6-9(8-14)17-12/h3-8H,1-2H3. The second-order valence-corrected chi connectivity index (χ2v) is 4.47. The predicted molar refractivity (Wildman–Crippen MR) is 68.2 cm³/mol. The molecule has 0 radical (unpaired) electrons. The minimum Gasteiger partial charge on any atom is -0.496 e. The third-order valence-electron chi connectivity index (χ3n) is 2.42. The maximum atomic E-state index is 10.7. The van der Waals surface area contributed by atoms with Crippen molar-refractivity contribution in [2.24, 2.45) is 0 Å². The molecule has 0 bridgehead atoms. The fourth-order valence-corrected chi connectivity index (χ4v) is 2.52. The first-order valence-corrected chi connectivity index (χ1v) is 5.88. The molecule has 0 saturated heterocycles. The molecule has 3 nitrogen and oxygen atoms in total. The summed E-state index contributed by atoms with van der Waals surface area (Å²) in [6.45, 7) is 0. The molecule has 1 heterocycles. The Balaban J connectivity index is 2.59. The van der Waals surface area contributed by atoms with Crippen LogP contribution in [0.15, 0.2) is 30.3 Å². The lowest BCUT2D eigenvalue weighted by atomic mass is 10.1. The molecule has 0 aliphatic carbocycles. The van der Waals surface area contributed by atoms with Crippen molar-refractivity contribution < 1.29 is 14.3 Å². The Labute approximate surface area is 104 Å². The van der Waals surface area contributed by atoms with E-state index < -0.39 is 0 Å². The van der Waals surface area contributed by atoms with Gasteiger partial charge in [0.05, 0.1) is 24.7 Å². The summed E-state index contributed by atoms with van der Waals surface area (Å²) in [5.74, 6) is 1.48. The number of ether oxygens (including phenoxy) is 2. The molecule has 17 heavy (non-hydrogen) atoms. The van der Waals surface area contributed by atoms with E-state index in [2.05, 4.69) is 0 Å². The van der Waals surface area contributed by atoms with Crippen LogP contribution >= 0.6 is 11.3 Å². The average molecular weight is 248 g/mol. The Hall–Kier alpha value is -1.81. The molecule has 0 amide bonds. The van der Waals surface area contributed by atoms with Gasteiger partial charge in [-0.05, 0) is 24.3 Å². The van der Waals surface area contributed by atoms with Crippen molar-refractivity contribution >= 4 is 17.6 Å². The normalized spacial score (nSPS) is 10.0. The minimum atomic E-state index is 0.688. The van der Waals surface area contributed by atoms with Gasteiger partial charge in [-0.25, -0.2) is 0 Å². The van der Waals surface area contributed by atoms with E-state index in [9.17, 15) is 4.79 Å². The molecule has 2 aromatic rings. The predicted octanol–water partition coefficient (Wildman–Crippen LogP) is 3.24. The van der Waals surface area contributed by atoms with Gasteiger partial charge < -0.3 is 9.47 Å². The van der Waals surface area contributed by atoms with Crippen LogP contribution < -0.4 is 9.47 Å². The number of thiophene rings is 1. The van der Waals surface area contributed by atoms with E-state index in [1.165, 1.54) is 11.3 Å². The lowest BCUT2D eigenvalue weighted by Gasteiger charge is -2.11.